The molecule has 2 aromatic rings. The summed E-state index contributed by atoms with van der Waals surface area (Å²) in [6, 6.07) is 4.24. The van der Waals surface area contributed by atoms with Crippen molar-refractivity contribution in [2.24, 2.45) is 5.92 Å². The smallest absolute Gasteiger partial charge is 0.333 e. The van der Waals surface area contributed by atoms with E-state index in [1.165, 1.54) is 34.9 Å². The molecule has 3 rings (SSSR count). The first-order valence-corrected chi connectivity index (χ1v) is 11.3. The Balaban J connectivity index is 2.06. The highest BCUT2D eigenvalue weighted by Gasteiger charge is 2.22. The Morgan fingerprint density at radius 1 is 1.39 bits per heavy atom. The number of nitrogens with zero attached hydrogens (tertiary/aromatic N) is 2. The number of carbonyl (C=O) groups excluding carboxylic acids is 2. The Morgan fingerprint density at radius 3 is 2.84 bits per heavy atom. The summed E-state index contributed by atoms with van der Waals surface area (Å²) in [5.41, 5.74) is -0.410. The van der Waals surface area contributed by atoms with E-state index in [0.717, 1.165) is 24.2 Å². The number of aromatic nitrogens is 1. The number of amides is 1. The van der Waals surface area contributed by atoms with Crippen molar-refractivity contribution in [2.45, 2.75) is 33.2 Å². The van der Waals surface area contributed by atoms with Gasteiger partial charge in [-0.3, -0.25) is 14.2 Å². The van der Waals surface area contributed by atoms with E-state index < -0.39 is 17.3 Å². The molecule has 1 unspecified atom stereocenters. The number of thiazole rings is 1. The fourth-order valence-electron chi connectivity index (χ4n) is 3.51. The molecule has 1 aromatic carbocycles. The van der Waals surface area contributed by atoms with Gasteiger partial charge in [0.15, 0.2) is 0 Å². The summed E-state index contributed by atoms with van der Waals surface area (Å²) in [7, 11) is 0. The van der Waals surface area contributed by atoms with Gasteiger partial charge < -0.3 is 9.64 Å². The van der Waals surface area contributed by atoms with Crippen molar-refractivity contribution in [1.82, 2.24) is 9.47 Å². The second kappa shape index (κ2) is 10.2. The molecule has 1 atom stereocenters. The predicted octanol–water partition coefficient (Wildman–Crippen LogP) is 2.13. The van der Waals surface area contributed by atoms with Gasteiger partial charge in [-0.1, -0.05) is 24.6 Å². The fourth-order valence-corrected chi connectivity index (χ4v) is 4.74. The highest BCUT2D eigenvalue weighted by molar-refractivity contribution is 7.07. The van der Waals surface area contributed by atoms with Crippen LogP contribution in [0.5, 0.6) is 0 Å². The van der Waals surface area contributed by atoms with Gasteiger partial charge >= 0.3 is 5.97 Å². The van der Waals surface area contributed by atoms with Gasteiger partial charge in [0.05, 0.1) is 22.2 Å². The molecule has 1 aliphatic rings. The monoisotopic (exact) mass is 466 g/mol. The molecule has 0 spiro atoms. The molecule has 9 heteroatoms. The van der Waals surface area contributed by atoms with Crippen molar-refractivity contribution in [1.29, 1.82) is 0 Å². The Hall–Kier alpha value is -2.45. The van der Waals surface area contributed by atoms with Crippen LogP contribution in [-0.2, 0) is 20.9 Å². The Bertz CT molecular complexity index is 1140. The number of esters is 1. The van der Waals surface area contributed by atoms with Gasteiger partial charge in [-0.25, -0.2) is 9.18 Å². The second-order valence-corrected chi connectivity index (χ2v) is 8.93. The first kappa shape index (κ1) is 23.2. The Labute approximate surface area is 188 Å². The third-order valence-electron chi connectivity index (χ3n) is 5.04. The number of hydrogen-bond donors (Lipinski definition) is 0. The van der Waals surface area contributed by atoms with Crippen molar-refractivity contribution in [3.8, 4) is 0 Å². The largest absolute Gasteiger partial charge is 0.463 e. The van der Waals surface area contributed by atoms with Crippen LogP contribution in [0.25, 0.3) is 12.2 Å². The molecule has 1 amide bonds. The molecular formula is C22H24ClFN2O4S. The molecule has 1 fully saturated rings. The zero-order valence-corrected chi connectivity index (χ0v) is 19.0. The van der Waals surface area contributed by atoms with E-state index in [1.54, 1.807) is 11.8 Å². The number of carbonyl (C=O) groups is 2. The van der Waals surface area contributed by atoms with E-state index in [2.05, 4.69) is 6.92 Å². The lowest BCUT2D eigenvalue weighted by Gasteiger charge is -2.31. The summed E-state index contributed by atoms with van der Waals surface area (Å²) >= 11 is 7.07. The van der Waals surface area contributed by atoms with Gasteiger partial charge in [0.25, 0.3) is 5.56 Å². The van der Waals surface area contributed by atoms with Crippen LogP contribution in [0, 0.1) is 11.7 Å². The lowest BCUT2D eigenvalue weighted by Crippen LogP contribution is -2.44. The van der Waals surface area contributed by atoms with Crippen LogP contribution >= 0.6 is 22.9 Å². The second-order valence-electron chi connectivity index (χ2n) is 7.46. The van der Waals surface area contributed by atoms with Crippen LogP contribution in [0.1, 0.15) is 32.3 Å². The molecule has 6 nitrogen and oxygen atoms in total. The zero-order chi connectivity index (χ0) is 22.5. The number of benzene rings is 1. The summed E-state index contributed by atoms with van der Waals surface area (Å²) in [5, 5.41) is 0.161. The van der Waals surface area contributed by atoms with E-state index in [4.69, 9.17) is 16.3 Å². The van der Waals surface area contributed by atoms with Gasteiger partial charge in [0, 0.05) is 18.7 Å². The van der Waals surface area contributed by atoms with Crippen LogP contribution in [0.4, 0.5) is 4.39 Å². The fraction of sp³-hybridized carbons (Fsp3) is 0.409. The Morgan fingerprint density at radius 2 is 2.16 bits per heavy atom. The number of halogens is 2. The Kier molecular flexibility index (Phi) is 7.67. The summed E-state index contributed by atoms with van der Waals surface area (Å²) in [6.07, 6.45) is 4.50. The maximum absolute atomic E-state index is 14.2. The van der Waals surface area contributed by atoms with Crippen LogP contribution in [0.15, 0.2) is 23.0 Å². The normalized spacial score (nSPS) is 17.8. The molecule has 0 aliphatic carbocycles. The molecule has 1 aliphatic heterocycles. The number of rotatable bonds is 5. The van der Waals surface area contributed by atoms with Crippen molar-refractivity contribution in [2.75, 3.05) is 19.7 Å². The molecule has 0 radical (unpaired) electrons. The van der Waals surface area contributed by atoms with Gasteiger partial charge in [-0.15, -0.1) is 11.3 Å². The summed E-state index contributed by atoms with van der Waals surface area (Å²) < 4.78 is 20.8. The van der Waals surface area contributed by atoms with Crippen LogP contribution in [0.3, 0.4) is 0 Å². The third-order valence-corrected chi connectivity index (χ3v) is 6.43. The van der Waals surface area contributed by atoms with Crippen LogP contribution in [-0.4, -0.2) is 41.0 Å². The van der Waals surface area contributed by atoms with Gasteiger partial charge in [-0.05, 0) is 43.9 Å². The van der Waals surface area contributed by atoms with Gasteiger partial charge in [-0.2, -0.15) is 0 Å². The first-order chi connectivity index (χ1) is 14.8. The maximum Gasteiger partial charge on any atom is 0.333 e. The molecule has 0 N–H and O–H groups in total. The predicted molar refractivity (Wildman–Crippen MR) is 119 cm³/mol. The van der Waals surface area contributed by atoms with Crippen LogP contribution in [0.2, 0.25) is 5.02 Å². The SMILES string of the molecule is CCOC(=O)/C=c1/s/c(=C\c2c(F)cccc2Cl)c(=O)n1CC(=O)N1CCCC(C)C1. The van der Waals surface area contributed by atoms with E-state index in [1.807, 2.05) is 0 Å². The lowest BCUT2D eigenvalue weighted by atomic mass is 10.0. The molecule has 2 heterocycles. The standard InChI is InChI=1S/C22H24ClFN2O4S/c1-3-30-21(28)11-20-26(13-19(27)25-9-5-6-14(2)12-25)22(29)18(31-20)10-15-16(23)7-4-8-17(15)24/h4,7-8,10-11,14H,3,5-6,9,12-13H2,1-2H3/b18-10-,20-11+. The van der Waals surface area contributed by atoms with E-state index in [-0.39, 0.29) is 38.8 Å². The van der Waals surface area contributed by atoms with Crippen molar-refractivity contribution < 1.29 is 18.7 Å². The van der Waals surface area contributed by atoms with E-state index in [0.29, 0.717) is 19.0 Å². The highest BCUT2D eigenvalue weighted by atomic mass is 35.5. The van der Waals surface area contributed by atoms with Gasteiger partial charge in [0.1, 0.15) is 17.0 Å². The van der Waals surface area contributed by atoms with Crippen molar-refractivity contribution in [3.05, 3.63) is 54.2 Å². The van der Waals surface area contributed by atoms with E-state index >= 15 is 0 Å². The van der Waals surface area contributed by atoms with Crippen LogP contribution < -0.4 is 14.8 Å². The topological polar surface area (TPSA) is 68.6 Å². The number of piperidine rings is 1. The summed E-state index contributed by atoms with van der Waals surface area (Å²) in [6.45, 7) is 5.02. The minimum absolute atomic E-state index is 0.0773. The van der Waals surface area contributed by atoms with Crippen molar-refractivity contribution in [3.63, 3.8) is 0 Å². The van der Waals surface area contributed by atoms with Gasteiger partial charge in [0.2, 0.25) is 5.91 Å². The number of ether oxygens (including phenoxy) is 1. The lowest BCUT2D eigenvalue weighted by molar-refractivity contribution is -0.136. The summed E-state index contributed by atoms with van der Waals surface area (Å²) in [5.74, 6) is -0.983. The molecule has 0 saturated carbocycles. The zero-order valence-electron chi connectivity index (χ0n) is 17.4. The molecule has 0 bridgehead atoms. The van der Waals surface area contributed by atoms with Crippen molar-refractivity contribution >= 4 is 47.0 Å². The first-order valence-electron chi connectivity index (χ1n) is 10.1. The average molecular weight is 467 g/mol. The maximum atomic E-state index is 14.2. The minimum atomic E-state index is -0.619. The molecule has 1 saturated heterocycles. The van der Waals surface area contributed by atoms with E-state index in [9.17, 15) is 18.8 Å². The molecule has 31 heavy (non-hydrogen) atoms. The number of likely N-dealkylation sites (tertiary alicyclic amines) is 1. The molecule has 166 valence electrons. The average Bonchev–Trinajstić information content (AvgIpc) is 2.99. The highest BCUT2D eigenvalue weighted by Crippen LogP contribution is 2.19. The number of hydrogen-bond acceptors (Lipinski definition) is 5. The molecule has 1 aromatic heterocycles. The quantitative estimate of drug-likeness (QED) is 0.633. The third kappa shape index (κ3) is 5.62. The summed E-state index contributed by atoms with van der Waals surface area (Å²) in [4.78, 5) is 39.7. The minimum Gasteiger partial charge on any atom is -0.463 e. The molecular weight excluding hydrogens is 443 g/mol.